The Morgan fingerprint density at radius 2 is 1.81 bits per heavy atom. The van der Waals surface area contributed by atoms with E-state index in [0.29, 0.717) is 5.41 Å². The number of nitrogens with one attached hydrogen (secondary N) is 1. The summed E-state index contributed by atoms with van der Waals surface area (Å²) in [5.74, 6) is -0.0962. The number of likely N-dealkylation sites (N-methyl/N-ethyl adjacent to an activating group) is 1. The molecule has 21 heavy (non-hydrogen) atoms. The molecule has 3 rings (SSSR count). The molecule has 116 valence electrons. The van der Waals surface area contributed by atoms with Crippen molar-refractivity contribution >= 4 is 0 Å². The minimum absolute atomic E-state index is 0.0869. The third-order valence-electron chi connectivity index (χ3n) is 5.65. The molecule has 1 aromatic rings. The second kappa shape index (κ2) is 6.45. The summed E-state index contributed by atoms with van der Waals surface area (Å²) in [5.41, 5.74) is 1.45. The Morgan fingerprint density at radius 1 is 1.14 bits per heavy atom. The molecule has 1 saturated heterocycles. The maximum atomic E-state index is 14.0. The Labute approximate surface area is 127 Å². The largest absolute Gasteiger partial charge is 0.312 e. The second-order valence-corrected chi connectivity index (χ2v) is 6.87. The van der Waals surface area contributed by atoms with Crippen molar-refractivity contribution in [3.8, 4) is 0 Å². The van der Waals surface area contributed by atoms with E-state index in [1.807, 2.05) is 19.2 Å². The lowest BCUT2D eigenvalue weighted by Crippen LogP contribution is -2.42. The normalized spacial score (nSPS) is 23.5. The van der Waals surface area contributed by atoms with Gasteiger partial charge >= 0.3 is 0 Å². The topological polar surface area (TPSA) is 15.3 Å². The Bertz CT molecular complexity index is 458. The van der Waals surface area contributed by atoms with E-state index in [9.17, 15) is 4.39 Å². The first-order valence-corrected chi connectivity index (χ1v) is 8.36. The Morgan fingerprint density at radius 3 is 2.43 bits per heavy atom. The van der Waals surface area contributed by atoms with Gasteiger partial charge in [0, 0.05) is 18.2 Å². The van der Waals surface area contributed by atoms with Crippen LogP contribution < -0.4 is 5.32 Å². The van der Waals surface area contributed by atoms with Crippen LogP contribution in [-0.4, -0.2) is 31.6 Å². The predicted octanol–water partition coefficient (Wildman–Crippen LogP) is 3.74. The molecule has 0 amide bonds. The summed E-state index contributed by atoms with van der Waals surface area (Å²) in [4.78, 5) is 2.51. The maximum absolute atomic E-state index is 14.0. The molecule has 1 aromatic carbocycles. The highest BCUT2D eigenvalue weighted by atomic mass is 19.1. The van der Waals surface area contributed by atoms with Crippen LogP contribution in [0.1, 0.15) is 50.1 Å². The van der Waals surface area contributed by atoms with E-state index in [4.69, 9.17) is 0 Å². The smallest absolute Gasteiger partial charge is 0.128 e. The van der Waals surface area contributed by atoms with Crippen LogP contribution in [0.5, 0.6) is 0 Å². The Balaban J connectivity index is 1.60. The summed E-state index contributed by atoms with van der Waals surface area (Å²) in [6, 6.07) is 7.23. The molecule has 1 unspecified atom stereocenters. The summed E-state index contributed by atoms with van der Waals surface area (Å²) < 4.78 is 14.0. The van der Waals surface area contributed by atoms with Crippen molar-refractivity contribution in [1.82, 2.24) is 10.2 Å². The van der Waals surface area contributed by atoms with Gasteiger partial charge in [0.05, 0.1) is 0 Å². The minimum Gasteiger partial charge on any atom is -0.312 e. The summed E-state index contributed by atoms with van der Waals surface area (Å²) in [5, 5.41) is 3.29. The second-order valence-electron chi connectivity index (χ2n) is 6.87. The van der Waals surface area contributed by atoms with Gasteiger partial charge in [-0.05, 0) is 57.3 Å². The molecule has 1 aliphatic carbocycles. The van der Waals surface area contributed by atoms with Crippen molar-refractivity contribution in [1.29, 1.82) is 0 Å². The van der Waals surface area contributed by atoms with Crippen LogP contribution in [0, 0.1) is 11.2 Å². The molecular weight excluding hydrogens is 263 g/mol. The van der Waals surface area contributed by atoms with Crippen LogP contribution in [0.2, 0.25) is 0 Å². The van der Waals surface area contributed by atoms with E-state index in [1.54, 1.807) is 12.1 Å². The molecule has 3 heteroatoms. The van der Waals surface area contributed by atoms with Gasteiger partial charge in [-0.3, -0.25) is 0 Å². The molecule has 1 atom stereocenters. The molecule has 0 radical (unpaired) electrons. The van der Waals surface area contributed by atoms with E-state index < -0.39 is 0 Å². The summed E-state index contributed by atoms with van der Waals surface area (Å²) in [6.45, 7) is 3.26. The lowest BCUT2D eigenvalue weighted by Gasteiger charge is -2.40. The molecule has 2 fully saturated rings. The highest BCUT2D eigenvalue weighted by molar-refractivity contribution is 5.21. The SMILES string of the molecule is CNC(CN1CCC2(CCCC2)CC1)c1ccccc1F. The third kappa shape index (κ3) is 3.29. The van der Waals surface area contributed by atoms with Crippen molar-refractivity contribution in [2.24, 2.45) is 5.41 Å². The van der Waals surface area contributed by atoms with Crippen molar-refractivity contribution < 1.29 is 4.39 Å². The van der Waals surface area contributed by atoms with Gasteiger partial charge in [-0.25, -0.2) is 4.39 Å². The summed E-state index contributed by atoms with van der Waals surface area (Å²) in [7, 11) is 1.93. The lowest BCUT2D eigenvalue weighted by atomic mass is 9.77. The summed E-state index contributed by atoms with van der Waals surface area (Å²) in [6.07, 6.45) is 8.39. The molecule has 0 aromatic heterocycles. The van der Waals surface area contributed by atoms with E-state index in [2.05, 4.69) is 10.2 Å². The maximum Gasteiger partial charge on any atom is 0.128 e. The molecular formula is C18H27FN2. The average Bonchev–Trinajstić information content (AvgIpc) is 2.96. The first kappa shape index (κ1) is 15.0. The van der Waals surface area contributed by atoms with Crippen LogP contribution in [-0.2, 0) is 0 Å². The van der Waals surface area contributed by atoms with E-state index in [0.717, 1.165) is 12.1 Å². The number of likely N-dealkylation sites (tertiary alicyclic amines) is 1. The zero-order chi connectivity index (χ0) is 14.7. The number of nitrogens with zero attached hydrogens (tertiary/aromatic N) is 1. The fraction of sp³-hybridized carbons (Fsp3) is 0.667. The van der Waals surface area contributed by atoms with E-state index >= 15 is 0 Å². The van der Waals surface area contributed by atoms with Gasteiger partial charge in [-0.15, -0.1) is 0 Å². The molecule has 1 spiro atoms. The molecule has 2 nitrogen and oxygen atoms in total. The Hall–Kier alpha value is -0.930. The zero-order valence-corrected chi connectivity index (χ0v) is 13.1. The molecule has 0 bridgehead atoms. The number of benzene rings is 1. The molecule has 1 aliphatic heterocycles. The quantitative estimate of drug-likeness (QED) is 0.908. The highest BCUT2D eigenvalue weighted by Gasteiger charge is 2.37. The third-order valence-corrected chi connectivity index (χ3v) is 5.65. The molecule has 2 aliphatic rings. The van der Waals surface area contributed by atoms with Gasteiger partial charge < -0.3 is 10.2 Å². The standard InChI is InChI=1S/C18H27FN2/c1-20-17(15-6-2-3-7-16(15)19)14-21-12-10-18(11-13-21)8-4-5-9-18/h2-3,6-7,17,20H,4-5,8-14H2,1H3. The van der Waals surface area contributed by atoms with E-state index in [1.165, 1.54) is 51.6 Å². The van der Waals surface area contributed by atoms with Crippen LogP contribution in [0.3, 0.4) is 0 Å². The summed E-state index contributed by atoms with van der Waals surface area (Å²) >= 11 is 0. The first-order chi connectivity index (χ1) is 10.2. The highest BCUT2D eigenvalue weighted by Crippen LogP contribution is 2.46. The van der Waals surface area contributed by atoms with Crippen molar-refractivity contribution in [3.05, 3.63) is 35.6 Å². The Kier molecular flexibility index (Phi) is 4.60. The van der Waals surface area contributed by atoms with E-state index in [-0.39, 0.29) is 11.9 Å². The molecule has 1 heterocycles. The van der Waals surface area contributed by atoms with Crippen molar-refractivity contribution in [3.63, 3.8) is 0 Å². The van der Waals surface area contributed by atoms with Gasteiger partial charge in [0.1, 0.15) is 5.82 Å². The van der Waals surface area contributed by atoms with Gasteiger partial charge in [0.25, 0.3) is 0 Å². The van der Waals surface area contributed by atoms with Crippen molar-refractivity contribution in [2.75, 3.05) is 26.7 Å². The number of hydrogen-bond donors (Lipinski definition) is 1. The fourth-order valence-electron chi connectivity index (χ4n) is 4.20. The zero-order valence-electron chi connectivity index (χ0n) is 13.1. The van der Waals surface area contributed by atoms with Crippen molar-refractivity contribution in [2.45, 2.75) is 44.6 Å². The van der Waals surface area contributed by atoms with Crippen LogP contribution >= 0.6 is 0 Å². The van der Waals surface area contributed by atoms with Crippen LogP contribution in [0.4, 0.5) is 4.39 Å². The number of piperidine rings is 1. The molecule has 1 N–H and O–H groups in total. The van der Waals surface area contributed by atoms with Gasteiger partial charge in [-0.2, -0.15) is 0 Å². The molecule has 1 saturated carbocycles. The number of rotatable bonds is 4. The fourth-order valence-corrected chi connectivity index (χ4v) is 4.20. The average molecular weight is 290 g/mol. The predicted molar refractivity (Wildman–Crippen MR) is 84.8 cm³/mol. The first-order valence-electron chi connectivity index (χ1n) is 8.36. The lowest BCUT2D eigenvalue weighted by molar-refractivity contribution is 0.101. The monoisotopic (exact) mass is 290 g/mol. The van der Waals surface area contributed by atoms with Crippen LogP contribution in [0.15, 0.2) is 24.3 Å². The van der Waals surface area contributed by atoms with Crippen LogP contribution in [0.25, 0.3) is 0 Å². The number of hydrogen-bond acceptors (Lipinski definition) is 2. The minimum atomic E-state index is -0.0962. The number of halogens is 1. The van der Waals surface area contributed by atoms with Gasteiger partial charge in [0.2, 0.25) is 0 Å². The van der Waals surface area contributed by atoms with Gasteiger partial charge in [-0.1, -0.05) is 31.0 Å². The van der Waals surface area contributed by atoms with Gasteiger partial charge in [0.15, 0.2) is 0 Å².